The normalized spacial score (nSPS) is 21.1. The molecule has 6 heteroatoms. The molecule has 1 aliphatic rings. The highest BCUT2D eigenvalue weighted by Gasteiger charge is 2.26. The number of pyridine rings is 1. The molecular formula is C12H17ClN4O. The van der Waals surface area contributed by atoms with Crippen molar-refractivity contribution in [2.24, 2.45) is 0 Å². The van der Waals surface area contributed by atoms with Gasteiger partial charge in [0.15, 0.2) is 0 Å². The fourth-order valence-electron chi connectivity index (χ4n) is 2.02. The summed E-state index contributed by atoms with van der Waals surface area (Å²) in [5.74, 6) is -0.0975. The summed E-state index contributed by atoms with van der Waals surface area (Å²) in [6, 6.07) is 1.93. The number of amides is 1. The lowest BCUT2D eigenvalue weighted by Gasteiger charge is -2.37. The van der Waals surface area contributed by atoms with Crippen LogP contribution in [0.3, 0.4) is 0 Å². The van der Waals surface area contributed by atoms with Crippen molar-refractivity contribution in [2.75, 3.05) is 32.4 Å². The lowest BCUT2D eigenvalue weighted by molar-refractivity contribution is 0.0572. The Hall–Kier alpha value is -1.33. The molecular weight excluding hydrogens is 252 g/mol. The van der Waals surface area contributed by atoms with Gasteiger partial charge in [-0.3, -0.25) is 4.79 Å². The molecule has 0 aromatic carbocycles. The standard InChI is InChI=1S/C12H17ClN4O/c1-8-7-17(4-3-16(8)2)12(18)10-5-9(14)6-15-11(10)13/h5-6,8H,3-4,7,14H2,1-2H3. The van der Waals surface area contributed by atoms with Crippen molar-refractivity contribution in [3.05, 3.63) is 23.0 Å². The third-order valence-electron chi connectivity index (χ3n) is 3.34. The number of nitrogen functional groups attached to an aromatic ring is 1. The number of anilines is 1. The zero-order chi connectivity index (χ0) is 13.3. The van der Waals surface area contributed by atoms with Crippen molar-refractivity contribution in [3.63, 3.8) is 0 Å². The van der Waals surface area contributed by atoms with Gasteiger partial charge in [-0.15, -0.1) is 0 Å². The maximum atomic E-state index is 12.4. The van der Waals surface area contributed by atoms with Crippen LogP contribution in [0.15, 0.2) is 12.3 Å². The first-order valence-electron chi connectivity index (χ1n) is 5.89. The number of hydrogen-bond donors (Lipinski definition) is 1. The third kappa shape index (κ3) is 2.57. The minimum Gasteiger partial charge on any atom is -0.397 e. The van der Waals surface area contributed by atoms with E-state index in [1.165, 1.54) is 6.20 Å². The topological polar surface area (TPSA) is 62.5 Å². The molecule has 5 nitrogen and oxygen atoms in total. The highest BCUT2D eigenvalue weighted by Crippen LogP contribution is 2.19. The van der Waals surface area contributed by atoms with Crippen molar-refractivity contribution >= 4 is 23.2 Å². The molecule has 0 aliphatic carbocycles. The van der Waals surface area contributed by atoms with Crippen molar-refractivity contribution in [1.29, 1.82) is 0 Å². The van der Waals surface area contributed by atoms with E-state index in [-0.39, 0.29) is 11.1 Å². The van der Waals surface area contributed by atoms with Crippen LogP contribution in [-0.4, -0.2) is 53.4 Å². The van der Waals surface area contributed by atoms with Crippen LogP contribution in [-0.2, 0) is 0 Å². The SMILES string of the molecule is CC1CN(C(=O)c2cc(N)cnc2Cl)CCN1C. The summed E-state index contributed by atoms with van der Waals surface area (Å²) in [5.41, 5.74) is 6.48. The van der Waals surface area contributed by atoms with Gasteiger partial charge in [0.2, 0.25) is 0 Å². The van der Waals surface area contributed by atoms with E-state index in [0.29, 0.717) is 30.4 Å². The van der Waals surface area contributed by atoms with E-state index in [4.69, 9.17) is 17.3 Å². The predicted molar refractivity (Wildman–Crippen MR) is 71.7 cm³/mol. The lowest BCUT2D eigenvalue weighted by atomic mass is 10.1. The Morgan fingerprint density at radius 2 is 2.28 bits per heavy atom. The van der Waals surface area contributed by atoms with Crippen molar-refractivity contribution in [2.45, 2.75) is 13.0 Å². The van der Waals surface area contributed by atoms with Gasteiger partial charge in [0.1, 0.15) is 5.15 Å². The summed E-state index contributed by atoms with van der Waals surface area (Å²) in [6.45, 7) is 4.35. The number of rotatable bonds is 1. The van der Waals surface area contributed by atoms with Crippen molar-refractivity contribution in [1.82, 2.24) is 14.8 Å². The number of carbonyl (C=O) groups is 1. The molecule has 1 aromatic heterocycles. The van der Waals surface area contributed by atoms with Crippen molar-refractivity contribution < 1.29 is 4.79 Å². The Bertz CT molecular complexity index is 465. The Morgan fingerprint density at radius 1 is 1.56 bits per heavy atom. The summed E-state index contributed by atoms with van der Waals surface area (Å²) >= 11 is 5.95. The van der Waals surface area contributed by atoms with Crippen LogP contribution in [0.5, 0.6) is 0 Å². The number of aromatic nitrogens is 1. The molecule has 1 saturated heterocycles. The second-order valence-electron chi connectivity index (χ2n) is 4.69. The maximum absolute atomic E-state index is 12.4. The zero-order valence-corrected chi connectivity index (χ0v) is 11.3. The average Bonchev–Trinajstić information content (AvgIpc) is 2.35. The first-order chi connectivity index (χ1) is 8.49. The summed E-state index contributed by atoms with van der Waals surface area (Å²) in [4.78, 5) is 20.3. The molecule has 2 heterocycles. The fraction of sp³-hybridized carbons (Fsp3) is 0.500. The van der Waals surface area contributed by atoms with E-state index in [1.807, 2.05) is 0 Å². The molecule has 1 atom stereocenters. The highest BCUT2D eigenvalue weighted by atomic mass is 35.5. The number of nitrogens with zero attached hydrogens (tertiary/aromatic N) is 3. The summed E-state index contributed by atoms with van der Waals surface area (Å²) < 4.78 is 0. The first kappa shape index (κ1) is 13.1. The van der Waals surface area contributed by atoms with E-state index >= 15 is 0 Å². The Kier molecular flexibility index (Phi) is 3.73. The van der Waals surface area contributed by atoms with Gasteiger partial charge >= 0.3 is 0 Å². The number of piperazine rings is 1. The van der Waals surface area contributed by atoms with Crippen LogP contribution < -0.4 is 5.73 Å². The van der Waals surface area contributed by atoms with Gasteiger partial charge in [0, 0.05) is 25.7 Å². The predicted octanol–water partition coefficient (Wildman–Crippen LogP) is 1.09. The highest BCUT2D eigenvalue weighted by molar-refractivity contribution is 6.32. The van der Waals surface area contributed by atoms with Gasteiger partial charge in [-0.2, -0.15) is 0 Å². The molecule has 0 spiro atoms. The summed E-state index contributed by atoms with van der Waals surface area (Å²) in [7, 11) is 2.06. The Labute approximate surface area is 112 Å². The number of likely N-dealkylation sites (N-methyl/N-ethyl adjacent to an activating group) is 1. The quantitative estimate of drug-likeness (QED) is 0.775. The monoisotopic (exact) mass is 268 g/mol. The zero-order valence-electron chi connectivity index (χ0n) is 10.6. The van der Waals surface area contributed by atoms with Crippen LogP contribution in [0.25, 0.3) is 0 Å². The molecule has 0 bridgehead atoms. The summed E-state index contributed by atoms with van der Waals surface area (Å²) in [6.07, 6.45) is 1.45. The molecule has 2 rings (SSSR count). The van der Waals surface area contributed by atoms with E-state index in [9.17, 15) is 4.79 Å². The molecule has 18 heavy (non-hydrogen) atoms. The molecule has 0 saturated carbocycles. The number of carbonyl (C=O) groups excluding carboxylic acids is 1. The third-order valence-corrected chi connectivity index (χ3v) is 3.64. The van der Waals surface area contributed by atoms with Crippen molar-refractivity contribution in [3.8, 4) is 0 Å². The minimum atomic E-state index is -0.0975. The molecule has 1 unspecified atom stereocenters. The lowest BCUT2D eigenvalue weighted by Crippen LogP contribution is -2.52. The van der Waals surface area contributed by atoms with E-state index in [0.717, 1.165) is 6.54 Å². The number of nitrogens with two attached hydrogens (primary N) is 1. The molecule has 98 valence electrons. The van der Waals surface area contributed by atoms with Gasteiger partial charge in [-0.25, -0.2) is 4.98 Å². The molecule has 1 aromatic rings. The molecule has 1 amide bonds. The van der Waals surface area contributed by atoms with Gasteiger partial charge in [-0.1, -0.05) is 11.6 Å². The average molecular weight is 269 g/mol. The smallest absolute Gasteiger partial charge is 0.257 e. The number of halogens is 1. The first-order valence-corrected chi connectivity index (χ1v) is 6.27. The van der Waals surface area contributed by atoms with Gasteiger partial charge in [0.05, 0.1) is 17.4 Å². The number of hydrogen-bond acceptors (Lipinski definition) is 4. The van der Waals surface area contributed by atoms with Crippen LogP contribution in [0.2, 0.25) is 5.15 Å². The second kappa shape index (κ2) is 5.12. The molecule has 1 aliphatic heterocycles. The van der Waals surface area contributed by atoms with E-state index in [2.05, 4.69) is 23.9 Å². The van der Waals surface area contributed by atoms with Crippen LogP contribution in [0, 0.1) is 0 Å². The van der Waals surface area contributed by atoms with Gasteiger partial charge < -0.3 is 15.5 Å². The Morgan fingerprint density at radius 3 is 2.94 bits per heavy atom. The van der Waals surface area contributed by atoms with Crippen LogP contribution in [0.4, 0.5) is 5.69 Å². The minimum absolute atomic E-state index is 0.0975. The molecule has 1 fully saturated rings. The van der Waals surface area contributed by atoms with Gasteiger partial charge in [0.25, 0.3) is 5.91 Å². The second-order valence-corrected chi connectivity index (χ2v) is 5.05. The molecule has 2 N–H and O–H groups in total. The summed E-state index contributed by atoms with van der Waals surface area (Å²) in [5, 5.41) is 0.209. The molecule has 0 radical (unpaired) electrons. The largest absolute Gasteiger partial charge is 0.397 e. The maximum Gasteiger partial charge on any atom is 0.257 e. The van der Waals surface area contributed by atoms with E-state index < -0.39 is 0 Å². The van der Waals surface area contributed by atoms with Crippen LogP contribution >= 0.6 is 11.6 Å². The van der Waals surface area contributed by atoms with Crippen LogP contribution in [0.1, 0.15) is 17.3 Å². The van der Waals surface area contributed by atoms with E-state index in [1.54, 1.807) is 11.0 Å². The Balaban J connectivity index is 2.19. The fourth-order valence-corrected chi connectivity index (χ4v) is 2.20. The van der Waals surface area contributed by atoms with Gasteiger partial charge in [-0.05, 0) is 20.0 Å².